The number of hydrogen-bond donors (Lipinski definition) is 0. The van der Waals surface area contributed by atoms with Crippen molar-refractivity contribution in [1.82, 2.24) is 4.90 Å². The topological polar surface area (TPSA) is 27.0 Å². The molecular formula is C9H14N2. The van der Waals surface area contributed by atoms with Crippen LogP contribution in [-0.2, 0) is 0 Å². The molecule has 2 unspecified atom stereocenters. The van der Waals surface area contributed by atoms with Gasteiger partial charge < -0.3 is 0 Å². The minimum atomic E-state index is 0.139. The lowest BCUT2D eigenvalue weighted by atomic mass is 10.1. The summed E-state index contributed by atoms with van der Waals surface area (Å²) >= 11 is 0. The standard InChI is InChI=1S/C9H14N2/c1-3-4-8-5-6-9(7-10)11(8)2/h3,8-9H,1,4-6H2,2H3. The third kappa shape index (κ3) is 1.61. The van der Waals surface area contributed by atoms with Crippen molar-refractivity contribution in [3.05, 3.63) is 12.7 Å². The SMILES string of the molecule is C=CCC1CCC(C#N)N1C. The van der Waals surface area contributed by atoms with Crippen molar-refractivity contribution in [2.45, 2.75) is 31.3 Å². The van der Waals surface area contributed by atoms with Gasteiger partial charge >= 0.3 is 0 Å². The molecule has 2 atom stereocenters. The molecule has 1 saturated heterocycles. The largest absolute Gasteiger partial charge is 0.288 e. The maximum Gasteiger partial charge on any atom is 0.0978 e. The Morgan fingerprint density at radius 1 is 1.73 bits per heavy atom. The number of nitriles is 1. The molecule has 1 aliphatic heterocycles. The predicted molar refractivity (Wildman–Crippen MR) is 45.0 cm³/mol. The number of likely N-dealkylation sites (tertiary alicyclic amines) is 1. The van der Waals surface area contributed by atoms with Gasteiger partial charge in [-0.3, -0.25) is 4.90 Å². The van der Waals surface area contributed by atoms with Gasteiger partial charge in [0.15, 0.2) is 0 Å². The van der Waals surface area contributed by atoms with Crippen molar-refractivity contribution in [2.24, 2.45) is 0 Å². The van der Waals surface area contributed by atoms with E-state index in [1.54, 1.807) is 0 Å². The third-order valence-corrected chi connectivity index (χ3v) is 2.43. The zero-order valence-electron chi connectivity index (χ0n) is 6.95. The number of nitrogens with zero attached hydrogens (tertiary/aromatic N) is 2. The first-order valence-electron chi connectivity index (χ1n) is 4.02. The van der Waals surface area contributed by atoms with Crippen molar-refractivity contribution >= 4 is 0 Å². The molecule has 1 heterocycles. The lowest BCUT2D eigenvalue weighted by Crippen LogP contribution is -2.30. The summed E-state index contributed by atoms with van der Waals surface area (Å²) < 4.78 is 0. The van der Waals surface area contributed by atoms with Gasteiger partial charge in [-0.1, -0.05) is 6.08 Å². The maximum atomic E-state index is 8.70. The van der Waals surface area contributed by atoms with E-state index < -0.39 is 0 Å². The zero-order valence-corrected chi connectivity index (χ0v) is 6.95. The molecule has 1 fully saturated rings. The third-order valence-electron chi connectivity index (χ3n) is 2.43. The molecule has 0 amide bonds. The summed E-state index contributed by atoms with van der Waals surface area (Å²) in [6.45, 7) is 3.70. The minimum Gasteiger partial charge on any atom is -0.288 e. The molecule has 2 heteroatoms. The van der Waals surface area contributed by atoms with Gasteiger partial charge in [-0.2, -0.15) is 5.26 Å². The molecule has 0 N–H and O–H groups in total. The van der Waals surface area contributed by atoms with Gasteiger partial charge in [0.2, 0.25) is 0 Å². The van der Waals surface area contributed by atoms with E-state index in [4.69, 9.17) is 5.26 Å². The molecule has 0 radical (unpaired) electrons. The Morgan fingerprint density at radius 2 is 2.45 bits per heavy atom. The van der Waals surface area contributed by atoms with Crippen LogP contribution in [0, 0.1) is 11.3 Å². The quantitative estimate of drug-likeness (QED) is 0.558. The molecule has 60 valence electrons. The van der Waals surface area contributed by atoms with Crippen LogP contribution >= 0.6 is 0 Å². The monoisotopic (exact) mass is 150 g/mol. The van der Waals surface area contributed by atoms with E-state index in [0.29, 0.717) is 6.04 Å². The summed E-state index contributed by atoms with van der Waals surface area (Å²) in [6.07, 6.45) is 5.10. The van der Waals surface area contributed by atoms with Crippen LogP contribution in [0.25, 0.3) is 0 Å². The van der Waals surface area contributed by atoms with E-state index in [2.05, 4.69) is 17.5 Å². The minimum absolute atomic E-state index is 0.139. The molecule has 11 heavy (non-hydrogen) atoms. The van der Waals surface area contributed by atoms with Gasteiger partial charge in [0.05, 0.1) is 12.1 Å². The second kappa shape index (κ2) is 3.54. The van der Waals surface area contributed by atoms with Crippen molar-refractivity contribution < 1.29 is 0 Å². The summed E-state index contributed by atoms with van der Waals surface area (Å²) in [6, 6.07) is 2.99. The van der Waals surface area contributed by atoms with Gasteiger partial charge in [0.1, 0.15) is 0 Å². The highest BCUT2D eigenvalue weighted by Crippen LogP contribution is 2.23. The molecule has 0 saturated carbocycles. The molecule has 2 nitrogen and oxygen atoms in total. The first kappa shape index (κ1) is 8.29. The van der Waals surface area contributed by atoms with Gasteiger partial charge in [0.25, 0.3) is 0 Å². The summed E-state index contributed by atoms with van der Waals surface area (Å²) in [7, 11) is 2.02. The van der Waals surface area contributed by atoms with E-state index in [1.165, 1.54) is 0 Å². The van der Waals surface area contributed by atoms with Gasteiger partial charge in [-0.15, -0.1) is 6.58 Å². The first-order chi connectivity index (χ1) is 5.29. The molecule has 0 aliphatic carbocycles. The Hall–Kier alpha value is -0.810. The first-order valence-corrected chi connectivity index (χ1v) is 4.02. The van der Waals surface area contributed by atoms with Gasteiger partial charge in [-0.05, 0) is 26.3 Å². The van der Waals surface area contributed by atoms with Crippen LogP contribution in [-0.4, -0.2) is 24.0 Å². The molecule has 1 rings (SSSR count). The van der Waals surface area contributed by atoms with Crippen LogP contribution in [0.4, 0.5) is 0 Å². The molecule has 0 aromatic heterocycles. The van der Waals surface area contributed by atoms with Crippen molar-refractivity contribution in [1.29, 1.82) is 5.26 Å². The fourth-order valence-corrected chi connectivity index (χ4v) is 1.64. The fraction of sp³-hybridized carbons (Fsp3) is 0.667. The Labute approximate surface area is 68.1 Å². The van der Waals surface area contributed by atoms with Crippen molar-refractivity contribution in [3.63, 3.8) is 0 Å². The van der Waals surface area contributed by atoms with Crippen LogP contribution in [0.15, 0.2) is 12.7 Å². The summed E-state index contributed by atoms with van der Waals surface area (Å²) in [4.78, 5) is 2.15. The fourth-order valence-electron chi connectivity index (χ4n) is 1.64. The Bertz CT molecular complexity index is 180. The average Bonchev–Trinajstić information content (AvgIpc) is 2.34. The predicted octanol–water partition coefficient (Wildman–Crippen LogP) is 1.55. The Balaban J connectivity index is 2.49. The van der Waals surface area contributed by atoms with Crippen molar-refractivity contribution in [3.8, 4) is 6.07 Å². The Morgan fingerprint density at radius 3 is 2.91 bits per heavy atom. The second-order valence-electron chi connectivity index (χ2n) is 3.07. The van der Waals surface area contributed by atoms with Crippen LogP contribution in [0.5, 0.6) is 0 Å². The summed E-state index contributed by atoms with van der Waals surface area (Å²) in [5.74, 6) is 0. The summed E-state index contributed by atoms with van der Waals surface area (Å²) in [5.41, 5.74) is 0. The highest BCUT2D eigenvalue weighted by molar-refractivity contribution is 4.99. The van der Waals surface area contributed by atoms with Gasteiger partial charge in [-0.25, -0.2) is 0 Å². The number of hydrogen-bond acceptors (Lipinski definition) is 2. The normalized spacial score (nSPS) is 31.6. The van der Waals surface area contributed by atoms with Gasteiger partial charge in [0, 0.05) is 6.04 Å². The van der Waals surface area contributed by atoms with Crippen molar-refractivity contribution in [2.75, 3.05) is 7.05 Å². The highest BCUT2D eigenvalue weighted by Gasteiger charge is 2.28. The lowest BCUT2D eigenvalue weighted by molar-refractivity contribution is 0.277. The van der Waals surface area contributed by atoms with Crippen LogP contribution in [0.3, 0.4) is 0 Å². The van der Waals surface area contributed by atoms with Crippen LogP contribution < -0.4 is 0 Å². The molecule has 0 aromatic carbocycles. The van der Waals surface area contributed by atoms with E-state index in [1.807, 2.05) is 13.1 Å². The maximum absolute atomic E-state index is 8.70. The van der Waals surface area contributed by atoms with E-state index >= 15 is 0 Å². The molecule has 1 aliphatic rings. The van der Waals surface area contributed by atoms with Crippen LogP contribution in [0.1, 0.15) is 19.3 Å². The van der Waals surface area contributed by atoms with E-state index in [0.717, 1.165) is 19.3 Å². The lowest BCUT2D eigenvalue weighted by Gasteiger charge is -2.19. The van der Waals surface area contributed by atoms with E-state index in [9.17, 15) is 0 Å². The molecular weight excluding hydrogens is 136 g/mol. The zero-order chi connectivity index (χ0) is 8.27. The molecule has 0 aromatic rings. The molecule has 0 spiro atoms. The summed E-state index contributed by atoms with van der Waals surface area (Å²) in [5, 5.41) is 8.70. The smallest absolute Gasteiger partial charge is 0.0978 e. The van der Waals surface area contributed by atoms with E-state index in [-0.39, 0.29) is 6.04 Å². The molecule has 0 bridgehead atoms. The highest BCUT2D eigenvalue weighted by atomic mass is 15.2. The van der Waals surface area contributed by atoms with Crippen LogP contribution in [0.2, 0.25) is 0 Å². The Kier molecular flexibility index (Phi) is 2.67. The second-order valence-corrected chi connectivity index (χ2v) is 3.07. The average molecular weight is 150 g/mol. The number of rotatable bonds is 2.